The third kappa shape index (κ3) is 5.28. The Morgan fingerprint density at radius 2 is 2.15 bits per heavy atom. The van der Waals surface area contributed by atoms with Crippen molar-refractivity contribution in [2.45, 2.75) is 45.8 Å². The second-order valence-corrected chi connectivity index (χ2v) is 7.55. The van der Waals surface area contributed by atoms with E-state index in [9.17, 15) is 13.2 Å². The molecule has 1 fully saturated rings. The number of carbonyl (C=O) groups is 1. The van der Waals surface area contributed by atoms with Gasteiger partial charge in [0.2, 0.25) is 0 Å². The van der Waals surface area contributed by atoms with E-state index < -0.39 is 9.84 Å². The van der Waals surface area contributed by atoms with Gasteiger partial charge in [-0.15, -0.1) is 0 Å². The van der Waals surface area contributed by atoms with Crippen molar-refractivity contribution in [1.29, 1.82) is 0 Å². The molecule has 0 radical (unpaired) electrons. The van der Waals surface area contributed by atoms with Gasteiger partial charge in [0.25, 0.3) is 0 Å². The largest absolute Gasteiger partial charge is 0.376 e. The van der Waals surface area contributed by atoms with Crippen molar-refractivity contribution in [3.05, 3.63) is 0 Å². The molecule has 118 valence electrons. The summed E-state index contributed by atoms with van der Waals surface area (Å²) in [6, 6.07) is -0.545. The molecule has 2 amide bonds. The predicted octanol–water partition coefficient (Wildman–Crippen LogP) is 1.02. The monoisotopic (exact) mass is 306 g/mol. The molecule has 0 saturated carbocycles. The summed E-state index contributed by atoms with van der Waals surface area (Å²) < 4.78 is 28.7. The highest BCUT2D eigenvalue weighted by molar-refractivity contribution is 7.91. The highest BCUT2D eigenvalue weighted by atomic mass is 32.2. The van der Waals surface area contributed by atoms with Crippen molar-refractivity contribution < 1.29 is 17.9 Å². The minimum Gasteiger partial charge on any atom is -0.376 e. The number of hydrogen-bond acceptors (Lipinski definition) is 4. The van der Waals surface area contributed by atoms with Crippen LogP contribution in [0, 0.1) is 0 Å². The van der Waals surface area contributed by atoms with Crippen LogP contribution in [0.15, 0.2) is 0 Å². The van der Waals surface area contributed by atoms with E-state index >= 15 is 0 Å². The van der Waals surface area contributed by atoms with E-state index in [1.165, 1.54) is 0 Å². The molecular weight excluding hydrogens is 280 g/mol. The molecule has 1 aliphatic rings. The average Bonchev–Trinajstić information content (AvgIpc) is 2.89. The van der Waals surface area contributed by atoms with E-state index in [4.69, 9.17) is 4.74 Å². The van der Waals surface area contributed by atoms with Crippen LogP contribution < -0.4 is 5.32 Å². The summed E-state index contributed by atoms with van der Waals surface area (Å²) in [4.78, 5) is 13.7. The van der Waals surface area contributed by atoms with Crippen LogP contribution in [0.1, 0.15) is 33.6 Å². The molecule has 0 aliphatic carbocycles. The maximum Gasteiger partial charge on any atom is 0.317 e. The molecule has 0 aromatic carbocycles. The van der Waals surface area contributed by atoms with E-state index in [1.54, 1.807) is 18.7 Å². The summed E-state index contributed by atoms with van der Waals surface area (Å²) in [5.74, 6) is 0.108. The Morgan fingerprint density at radius 1 is 1.45 bits per heavy atom. The van der Waals surface area contributed by atoms with Crippen molar-refractivity contribution in [3.8, 4) is 0 Å². The Kier molecular flexibility index (Phi) is 6.75. The van der Waals surface area contributed by atoms with E-state index in [0.29, 0.717) is 13.1 Å². The van der Waals surface area contributed by atoms with E-state index in [2.05, 4.69) is 5.32 Å². The molecule has 0 unspecified atom stereocenters. The van der Waals surface area contributed by atoms with Crippen LogP contribution in [0.25, 0.3) is 0 Å². The number of carbonyl (C=O) groups excluding carboxylic acids is 1. The van der Waals surface area contributed by atoms with Gasteiger partial charge in [-0.2, -0.15) is 0 Å². The van der Waals surface area contributed by atoms with Crippen LogP contribution >= 0.6 is 0 Å². The van der Waals surface area contributed by atoms with Gasteiger partial charge in [-0.1, -0.05) is 6.92 Å². The number of sulfone groups is 1. The van der Waals surface area contributed by atoms with Gasteiger partial charge in [-0.05, 0) is 26.7 Å². The first-order valence-electron chi connectivity index (χ1n) is 7.26. The first kappa shape index (κ1) is 17.2. The fourth-order valence-corrected chi connectivity index (χ4v) is 3.49. The molecule has 0 aromatic rings. The van der Waals surface area contributed by atoms with Gasteiger partial charge >= 0.3 is 6.03 Å². The van der Waals surface area contributed by atoms with Crippen LogP contribution in [0.2, 0.25) is 0 Å². The lowest BCUT2D eigenvalue weighted by Crippen LogP contribution is -2.49. The van der Waals surface area contributed by atoms with E-state index in [0.717, 1.165) is 19.4 Å². The maximum atomic E-state index is 12.1. The van der Waals surface area contributed by atoms with Gasteiger partial charge in [-0.25, -0.2) is 13.2 Å². The van der Waals surface area contributed by atoms with Gasteiger partial charge in [0.05, 0.1) is 11.9 Å². The predicted molar refractivity (Wildman–Crippen MR) is 78.5 cm³/mol. The number of rotatable bonds is 7. The Labute approximate surface area is 121 Å². The Morgan fingerprint density at radius 3 is 2.65 bits per heavy atom. The third-order valence-corrected chi connectivity index (χ3v) is 5.44. The molecule has 2 atom stereocenters. The van der Waals surface area contributed by atoms with Crippen LogP contribution in [0.3, 0.4) is 0 Å². The highest BCUT2D eigenvalue weighted by Gasteiger charge is 2.24. The first-order chi connectivity index (χ1) is 9.39. The van der Waals surface area contributed by atoms with Gasteiger partial charge in [0.1, 0.15) is 0 Å². The van der Waals surface area contributed by atoms with Crippen molar-refractivity contribution in [2.24, 2.45) is 0 Å². The molecule has 1 rings (SSSR count). The second-order valence-electron chi connectivity index (χ2n) is 5.16. The Balaban J connectivity index is 2.48. The quantitative estimate of drug-likeness (QED) is 0.762. The summed E-state index contributed by atoms with van der Waals surface area (Å²) in [6.07, 6.45) is 2.09. The zero-order chi connectivity index (χ0) is 15.2. The molecule has 1 N–H and O–H groups in total. The lowest BCUT2D eigenvalue weighted by atomic mass is 10.2. The SMILES string of the molecule is CCN(C(=O)NC[C@@H]1CCCO1)[C@@H](C)CS(=O)(=O)CC. The summed E-state index contributed by atoms with van der Waals surface area (Å²) in [5.41, 5.74) is 0. The van der Waals surface area contributed by atoms with Gasteiger partial charge < -0.3 is 15.0 Å². The summed E-state index contributed by atoms with van der Waals surface area (Å²) >= 11 is 0. The van der Waals surface area contributed by atoms with Gasteiger partial charge in [0.15, 0.2) is 9.84 Å². The zero-order valence-corrected chi connectivity index (χ0v) is 13.4. The molecular formula is C13H26N2O4S. The molecule has 7 heteroatoms. The number of ether oxygens (including phenoxy) is 1. The molecule has 1 saturated heterocycles. The average molecular weight is 306 g/mol. The fraction of sp³-hybridized carbons (Fsp3) is 0.923. The molecule has 0 bridgehead atoms. The minimum atomic E-state index is -3.08. The third-order valence-electron chi connectivity index (χ3n) is 3.57. The second kappa shape index (κ2) is 7.83. The zero-order valence-electron chi connectivity index (χ0n) is 12.6. The fourth-order valence-electron chi connectivity index (χ4n) is 2.34. The first-order valence-corrected chi connectivity index (χ1v) is 9.08. The number of hydrogen-bond donors (Lipinski definition) is 1. The standard InChI is InChI=1S/C13H26N2O4S/c1-4-15(11(3)10-20(17,18)5-2)13(16)14-9-12-7-6-8-19-12/h11-12H,4-10H2,1-3H3,(H,14,16)/t11-,12-/m0/s1. The molecule has 20 heavy (non-hydrogen) atoms. The van der Waals surface area contributed by atoms with Crippen LogP contribution in [0.5, 0.6) is 0 Å². The van der Waals surface area contributed by atoms with Crippen molar-refractivity contribution in [1.82, 2.24) is 10.2 Å². The smallest absolute Gasteiger partial charge is 0.317 e. The Hall–Kier alpha value is -0.820. The number of nitrogens with zero attached hydrogens (tertiary/aromatic N) is 1. The normalized spacial score (nSPS) is 20.6. The molecule has 0 aromatic heterocycles. The van der Waals surface area contributed by atoms with E-state index in [1.807, 2.05) is 6.92 Å². The molecule has 1 heterocycles. The van der Waals surface area contributed by atoms with Crippen molar-refractivity contribution >= 4 is 15.9 Å². The lowest BCUT2D eigenvalue weighted by molar-refractivity contribution is 0.108. The minimum absolute atomic E-state index is 0.00465. The number of nitrogens with one attached hydrogen (secondary N) is 1. The molecule has 6 nitrogen and oxygen atoms in total. The van der Waals surface area contributed by atoms with Gasteiger partial charge in [0, 0.05) is 31.5 Å². The van der Waals surface area contributed by atoms with Crippen molar-refractivity contribution in [2.75, 3.05) is 31.2 Å². The highest BCUT2D eigenvalue weighted by Crippen LogP contribution is 2.11. The molecule has 0 spiro atoms. The van der Waals surface area contributed by atoms with Crippen LogP contribution in [-0.4, -0.2) is 62.7 Å². The Bertz CT molecular complexity index is 405. The number of urea groups is 1. The van der Waals surface area contributed by atoms with Crippen LogP contribution in [0.4, 0.5) is 4.79 Å². The van der Waals surface area contributed by atoms with Crippen LogP contribution in [-0.2, 0) is 14.6 Å². The summed E-state index contributed by atoms with van der Waals surface area (Å²) in [5, 5.41) is 2.83. The maximum absolute atomic E-state index is 12.1. The summed E-state index contributed by atoms with van der Waals surface area (Å²) in [6.45, 7) is 6.96. The topological polar surface area (TPSA) is 75.7 Å². The van der Waals surface area contributed by atoms with Crippen molar-refractivity contribution in [3.63, 3.8) is 0 Å². The van der Waals surface area contributed by atoms with E-state index in [-0.39, 0.29) is 29.7 Å². The summed E-state index contributed by atoms with van der Waals surface area (Å²) in [7, 11) is -3.08. The molecule has 1 aliphatic heterocycles. The number of amides is 2. The van der Waals surface area contributed by atoms with Gasteiger partial charge in [-0.3, -0.25) is 0 Å². The lowest BCUT2D eigenvalue weighted by Gasteiger charge is -2.28.